The van der Waals surface area contributed by atoms with Gasteiger partial charge in [0.15, 0.2) is 0 Å². The lowest BCUT2D eigenvalue weighted by Crippen LogP contribution is -2.49. The van der Waals surface area contributed by atoms with Crippen LogP contribution in [0.3, 0.4) is 0 Å². The van der Waals surface area contributed by atoms with Crippen molar-refractivity contribution in [2.24, 2.45) is 0 Å². The largest absolute Gasteiger partial charge is 0.508 e. The molecule has 0 saturated carbocycles. The minimum Gasteiger partial charge on any atom is -0.508 e. The molecule has 0 aliphatic carbocycles. The van der Waals surface area contributed by atoms with Gasteiger partial charge in [-0.2, -0.15) is 0 Å². The number of phenols is 2. The van der Waals surface area contributed by atoms with Crippen LogP contribution in [-0.2, 0) is 13.0 Å². The van der Waals surface area contributed by atoms with Gasteiger partial charge in [-0.1, -0.05) is 29.4 Å². The van der Waals surface area contributed by atoms with Crippen LogP contribution in [0.4, 0.5) is 5.69 Å². The molecule has 2 heterocycles. The molecule has 2 aromatic carbocycles. The number of allylic oxidation sites excluding steroid dienone is 4. The van der Waals surface area contributed by atoms with Gasteiger partial charge in [0.05, 0.1) is 23.8 Å². The molecular formula is C30H35NO7. The minimum atomic E-state index is -1.28. The maximum Gasteiger partial charge on any atom is 0.337 e. The van der Waals surface area contributed by atoms with Crippen molar-refractivity contribution >= 4 is 17.6 Å². The van der Waals surface area contributed by atoms with Gasteiger partial charge in [-0.05, 0) is 71.6 Å². The van der Waals surface area contributed by atoms with E-state index < -0.39 is 23.6 Å². The number of fused-ring (bicyclic) bond motifs is 3. The van der Waals surface area contributed by atoms with Crippen LogP contribution in [-0.4, -0.2) is 44.0 Å². The highest BCUT2D eigenvalue weighted by atomic mass is 16.5. The minimum absolute atomic E-state index is 0.0375. The van der Waals surface area contributed by atoms with E-state index in [1.54, 1.807) is 0 Å². The quantitative estimate of drug-likeness (QED) is 0.339. The van der Waals surface area contributed by atoms with Crippen molar-refractivity contribution in [2.45, 2.75) is 78.0 Å². The predicted octanol–water partition coefficient (Wildman–Crippen LogP) is 5.48. The molecule has 2 atom stereocenters. The predicted molar refractivity (Wildman–Crippen MR) is 144 cm³/mol. The third kappa shape index (κ3) is 5.13. The first kappa shape index (κ1) is 27.3. The Balaban J connectivity index is 1.62. The van der Waals surface area contributed by atoms with Crippen molar-refractivity contribution in [3.8, 4) is 17.2 Å². The number of hydrogen-bond acceptors (Lipinski definition) is 6. The van der Waals surface area contributed by atoms with Gasteiger partial charge >= 0.3 is 5.97 Å². The van der Waals surface area contributed by atoms with Gasteiger partial charge in [0.2, 0.25) is 0 Å². The molecule has 8 nitrogen and oxygen atoms in total. The number of carboxylic acid groups (broad SMARTS) is 1. The molecule has 4 N–H and O–H groups in total. The first-order chi connectivity index (χ1) is 17.9. The second kappa shape index (κ2) is 10.5. The summed E-state index contributed by atoms with van der Waals surface area (Å²) in [4.78, 5) is 26.4. The second-order valence-electron chi connectivity index (χ2n) is 10.6. The molecule has 202 valence electrons. The SMILES string of the molecule is CC(C)=CCC/C(C)=C/CC[C@]1(C)Oc2c(c(O)cc3c2CN(c2c(O)cccc2C(=O)O)C3=O)C[C@@H]1O. The Kier molecular flexibility index (Phi) is 7.56. The third-order valence-electron chi connectivity index (χ3n) is 7.43. The van der Waals surface area contributed by atoms with Crippen molar-refractivity contribution in [1.82, 2.24) is 0 Å². The van der Waals surface area contributed by atoms with Gasteiger partial charge in [0.1, 0.15) is 28.5 Å². The molecule has 0 saturated heterocycles. The number of hydrogen-bond donors (Lipinski definition) is 4. The van der Waals surface area contributed by atoms with Crippen molar-refractivity contribution in [3.63, 3.8) is 0 Å². The van der Waals surface area contributed by atoms with E-state index in [1.165, 1.54) is 40.3 Å². The molecule has 2 aliphatic heterocycles. The van der Waals surface area contributed by atoms with Crippen LogP contribution in [0.15, 0.2) is 47.6 Å². The van der Waals surface area contributed by atoms with Crippen LogP contribution in [0.1, 0.15) is 85.2 Å². The molecule has 0 aromatic heterocycles. The number of aromatic carboxylic acids is 1. The van der Waals surface area contributed by atoms with Crippen LogP contribution in [0, 0.1) is 0 Å². The highest BCUT2D eigenvalue weighted by Crippen LogP contribution is 2.48. The van der Waals surface area contributed by atoms with Crippen molar-refractivity contribution in [2.75, 3.05) is 4.90 Å². The zero-order valence-electron chi connectivity index (χ0n) is 22.2. The van der Waals surface area contributed by atoms with Crippen LogP contribution in [0.5, 0.6) is 17.2 Å². The zero-order valence-corrected chi connectivity index (χ0v) is 22.2. The van der Waals surface area contributed by atoms with Gasteiger partial charge in [-0.25, -0.2) is 4.79 Å². The van der Waals surface area contributed by atoms with E-state index in [9.17, 15) is 30.0 Å². The van der Waals surface area contributed by atoms with Gasteiger partial charge < -0.3 is 25.2 Å². The second-order valence-corrected chi connectivity index (χ2v) is 10.6. The molecule has 2 aromatic rings. The fourth-order valence-electron chi connectivity index (χ4n) is 5.17. The maximum absolute atomic E-state index is 13.4. The number of anilines is 1. The number of rotatable bonds is 8. The lowest BCUT2D eigenvalue weighted by atomic mass is 9.84. The van der Waals surface area contributed by atoms with Gasteiger partial charge in [-0.15, -0.1) is 0 Å². The highest BCUT2D eigenvalue weighted by Gasteiger charge is 2.45. The normalized spacial score (nSPS) is 20.6. The number of aromatic hydroxyl groups is 2. The third-order valence-corrected chi connectivity index (χ3v) is 7.43. The summed E-state index contributed by atoms with van der Waals surface area (Å²) in [5.41, 5.74) is 2.35. The molecule has 0 spiro atoms. The summed E-state index contributed by atoms with van der Waals surface area (Å²) < 4.78 is 6.38. The number of carbonyl (C=O) groups excluding carboxylic acids is 1. The number of carbonyl (C=O) groups is 2. The molecule has 1 amide bonds. The Bertz CT molecular complexity index is 1340. The fraction of sp³-hybridized carbons (Fsp3) is 0.400. The Morgan fingerprint density at radius 3 is 2.55 bits per heavy atom. The van der Waals surface area contributed by atoms with E-state index >= 15 is 0 Å². The number of carboxylic acids is 1. The fourth-order valence-corrected chi connectivity index (χ4v) is 5.17. The summed E-state index contributed by atoms with van der Waals surface area (Å²) in [6, 6.07) is 5.37. The summed E-state index contributed by atoms with van der Waals surface area (Å²) in [6.07, 6.45) is 6.79. The molecule has 2 aliphatic rings. The molecule has 0 radical (unpaired) electrons. The van der Waals surface area contributed by atoms with Crippen LogP contribution >= 0.6 is 0 Å². The van der Waals surface area contributed by atoms with E-state index in [2.05, 4.69) is 32.9 Å². The monoisotopic (exact) mass is 521 g/mol. The van der Waals surface area contributed by atoms with Gasteiger partial charge in [-0.3, -0.25) is 9.69 Å². The van der Waals surface area contributed by atoms with E-state index in [0.29, 0.717) is 29.7 Å². The molecule has 4 rings (SSSR count). The van der Waals surface area contributed by atoms with Gasteiger partial charge in [0, 0.05) is 17.5 Å². The Morgan fingerprint density at radius 2 is 1.87 bits per heavy atom. The summed E-state index contributed by atoms with van der Waals surface area (Å²) in [5, 5.41) is 41.8. The molecular weight excluding hydrogens is 486 g/mol. The number of amides is 1. The molecule has 0 unspecified atom stereocenters. The average Bonchev–Trinajstić information content (AvgIpc) is 3.16. The number of nitrogens with zero attached hydrogens (tertiary/aromatic N) is 1. The average molecular weight is 522 g/mol. The highest BCUT2D eigenvalue weighted by molar-refractivity contribution is 6.14. The van der Waals surface area contributed by atoms with E-state index in [0.717, 1.165) is 12.8 Å². The topological polar surface area (TPSA) is 128 Å². The van der Waals surface area contributed by atoms with E-state index in [-0.39, 0.29) is 41.3 Å². The Morgan fingerprint density at radius 1 is 1.13 bits per heavy atom. The van der Waals surface area contributed by atoms with Crippen LogP contribution < -0.4 is 9.64 Å². The van der Waals surface area contributed by atoms with E-state index in [4.69, 9.17) is 4.74 Å². The summed E-state index contributed by atoms with van der Waals surface area (Å²) in [7, 11) is 0. The van der Waals surface area contributed by atoms with Gasteiger partial charge in [0.25, 0.3) is 5.91 Å². The zero-order chi connectivity index (χ0) is 27.8. The summed E-state index contributed by atoms with van der Waals surface area (Å²) >= 11 is 0. The summed E-state index contributed by atoms with van der Waals surface area (Å²) in [6.45, 7) is 8.03. The smallest absolute Gasteiger partial charge is 0.337 e. The first-order valence-electron chi connectivity index (χ1n) is 12.8. The van der Waals surface area contributed by atoms with Crippen molar-refractivity contribution < 1.29 is 34.8 Å². The number of benzene rings is 2. The number of phenolic OH excluding ortho intramolecular Hbond substituents is 2. The Hall–Kier alpha value is -3.78. The summed E-state index contributed by atoms with van der Waals surface area (Å²) in [5.74, 6) is -1.99. The van der Waals surface area contributed by atoms with Crippen molar-refractivity contribution in [1.29, 1.82) is 0 Å². The number of aliphatic hydroxyl groups excluding tert-OH is 1. The number of aliphatic hydroxyl groups is 1. The number of para-hydroxylation sites is 1. The standard InChI is InChI=1S/C30H35NO7/c1-17(2)8-5-9-18(3)10-7-13-30(4)25(34)15-21-24(33)14-20-22(27(21)38-30)16-31(28(20)35)26-19(29(36)37)11-6-12-23(26)32/h6,8,10-12,14,25,32-34H,5,7,9,13,15-16H2,1-4H3,(H,36,37)/b18-10+/t25-,30-/m0/s1. The molecule has 8 heteroatoms. The lowest BCUT2D eigenvalue weighted by molar-refractivity contribution is -0.0597. The molecule has 0 bridgehead atoms. The molecule has 0 fully saturated rings. The van der Waals surface area contributed by atoms with Crippen LogP contribution in [0.25, 0.3) is 0 Å². The van der Waals surface area contributed by atoms with Crippen LogP contribution in [0.2, 0.25) is 0 Å². The lowest BCUT2D eigenvalue weighted by Gasteiger charge is -2.40. The Labute approximate surface area is 222 Å². The number of ether oxygens (including phenoxy) is 1. The molecule has 38 heavy (non-hydrogen) atoms. The van der Waals surface area contributed by atoms with E-state index in [1.807, 2.05) is 6.92 Å². The first-order valence-corrected chi connectivity index (χ1v) is 12.8. The maximum atomic E-state index is 13.4. The van der Waals surface area contributed by atoms with Crippen molar-refractivity contribution in [3.05, 3.63) is 69.8 Å².